The Labute approximate surface area is 122 Å². The zero-order chi connectivity index (χ0) is 15.0. The SMILES string of the molecule is Cc1cc(C)[nH+]c(Nc2ccccc2)n1.O=C([O-])CCl. The number of nitrogens with one attached hydrogen (secondary N) is 2. The van der Waals surface area contributed by atoms with Gasteiger partial charge in [-0.15, -0.1) is 11.6 Å². The van der Waals surface area contributed by atoms with Gasteiger partial charge in [0.05, 0.1) is 23.2 Å². The number of aromatic nitrogens is 2. The fraction of sp³-hybridized carbons (Fsp3) is 0.214. The highest BCUT2D eigenvalue weighted by Gasteiger charge is 2.06. The summed E-state index contributed by atoms with van der Waals surface area (Å²) in [7, 11) is 0. The van der Waals surface area contributed by atoms with Gasteiger partial charge in [0.1, 0.15) is 5.69 Å². The van der Waals surface area contributed by atoms with Gasteiger partial charge in [-0.05, 0) is 26.0 Å². The Morgan fingerprint density at radius 2 is 1.95 bits per heavy atom. The normalized spacial score (nSPS) is 9.35. The van der Waals surface area contributed by atoms with Crippen LogP contribution in [-0.4, -0.2) is 16.8 Å². The Morgan fingerprint density at radius 1 is 1.35 bits per heavy atom. The van der Waals surface area contributed by atoms with Crippen molar-refractivity contribution < 1.29 is 14.9 Å². The third-order valence-electron chi connectivity index (χ3n) is 2.17. The van der Waals surface area contributed by atoms with Crippen LogP contribution in [0.2, 0.25) is 0 Å². The third kappa shape index (κ3) is 6.15. The predicted octanol–water partition coefficient (Wildman–Crippen LogP) is 1.23. The van der Waals surface area contributed by atoms with Gasteiger partial charge in [0.15, 0.2) is 0 Å². The minimum atomic E-state index is -1.23. The lowest BCUT2D eigenvalue weighted by Crippen LogP contribution is -2.23. The molecule has 0 aliphatic heterocycles. The van der Waals surface area contributed by atoms with Crippen LogP contribution in [-0.2, 0) is 4.79 Å². The first-order chi connectivity index (χ1) is 9.51. The number of hydrogen-bond donors (Lipinski definition) is 1. The number of rotatable bonds is 3. The summed E-state index contributed by atoms with van der Waals surface area (Å²) in [5, 5.41) is 12.3. The summed E-state index contributed by atoms with van der Waals surface area (Å²) in [6.07, 6.45) is 0. The number of anilines is 2. The van der Waals surface area contributed by atoms with Crippen molar-refractivity contribution in [2.75, 3.05) is 11.2 Å². The van der Waals surface area contributed by atoms with Gasteiger partial charge in [-0.3, -0.25) is 0 Å². The van der Waals surface area contributed by atoms with Crippen molar-refractivity contribution in [2.45, 2.75) is 13.8 Å². The van der Waals surface area contributed by atoms with E-state index in [4.69, 9.17) is 9.90 Å². The van der Waals surface area contributed by atoms with E-state index in [1.807, 2.05) is 50.2 Å². The number of carbonyl (C=O) groups is 1. The molecule has 2 aromatic rings. The number of carboxylic acids is 1. The van der Waals surface area contributed by atoms with Crippen LogP contribution >= 0.6 is 11.6 Å². The molecule has 0 aliphatic rings. The molecular formula is C14H16ClN3O2. The highest BCUT2D eigenvalue weighted by molar-refractivity contribution is 6.25. The van der Waals surface area contributed by atoms with E-state index in [9.17, 15) is 0 Å². The lowest BCUT2D eigenvalue weighted by Gasteiger charge is -1.98. The molecule has 0 radical (unpaired) electrons. The van der Waals surface area contributed by atoms with Crippen molar-refractivity contribution in [1.29, 1.82) is 0 Å². The number of aromatic amines is 1. The third-order valence-corrected chi connectivity index (χ3v) is 2.39. The van der Waals surface area contributed by atoms with Crippen molar-refractivity contribution >= 4 is 29.2 Å². The topological polar surface area (TPSA) is 79.2 Å². The summed E-state index contributed by atoms with van der Waals surface area (Å²) in [5.41, 5.74) is 3.14. The van der Waals surface area contributed by atoms with Gasteiger partial charge in [0.25, 0.3) is 0 Å². The average molecular weight is 294 g/mol. The zero-order valence-electron chi connectivity index (χ0n) is 11.3. The largest absolute Gasteiger partial charge is 0.549 e. The summed E-state index contributed by atoms with van der Waals surface area (Å²) in [6.45, 7) is 4.00. The number of nitrogens with zero attached hydrogens (tertiary/aromatic N) is 1. The van der Waals surface area contributed by atoms with E-state index in [-0.39, 0.29) is 0 Å². The number of aryl methyl sites for hydroxylation is 2. The zero-order valence-corrected chi connectivity index (χ0v) is 12.1. The van der Waals surface area contributed by atoms with E-state index in [1.165, 1.54) is 0 Å². The number of aliphatic carboxylic acids is 1. The summed E-state index contributed by atoms with van der Waals surface area (Å²) in [4.78, 5) is 16.7. The second kappa shape index (κ2) is 8.12. The van der Waals surface area contributed by atoms with E-state index < -0.39 is 11.8 Å². The van der Waals surface area contributed by atoms with Crippen LogP contribution in [0.5, 0.6) is 0 Å². The molecule has 20 heavy (non-hydrogen) atoms. The Balaban J connectivity index is 0.000000347. The van der Waals surface area contributed by atoms with Crippen LogP contribution in [0.3, 0.4) is 0 Å². The van der Waals surface area contributed by atoms with Gasteiger partial charge < -0.3 is 9.90 Å². The number of H-pyrrole nitrogens is 1. The lowest BCUT2D eigenvalue weighted by molar-refractivity contribution is -0.374. The van der Waals surface area contributed by atoms with Crippen LogP contribution < -0.4 is 15.4 Å². The standard InChI is InChI=1S/C12H13N3.C2H3ClO2/c1-9-8-10(2)14-12(13-9)15-11-6-4-3-5-7-11;3-1-2(4)5/h3-8H,1-2H3,(H,13,14,15);1H2,(H,4,5). The molecule has 2 rings (SSSR count). The minimum Gasteiger partial charge on any atom is -0.549 e. The molecule has 106 valence electrons. The van der Waals surface area contributed by atoms with E-state index in [2.05, 4.69) is 26.9 Å². The fourth-order valence-corrected chi connectivity index (χ4v) is 1.49. The quantitative estimate of drug-likeness (QED) is 0.863. The monoisotopic (exact) mass is 293 g/mol. The number of para-hydroxylation sites is 1. The summed E-state index contributed by atoms with van der Waals surface area (Å²) in [5.74, 6) is -0.870. The van der Waals surface area contributed by atoms with Gasteiger partial charge in [0.2, 0.25) is 0 Å². The van der Waals surface area contributed by atoms with Crippen LogP contribution in [0.4, 0.5) is 11.6 Å². The van der Waals surface area contributed by atoms with Crippen molar-refractivity contribution in [3.63, 3.8) is 0 Å². The lowest BCUT2D eigenvalue weighted by atomic mass is 10.3. The van der Waals surface area contributed by atoms with Crippen LogP contribution in [0.15, 0.2) is 36.4 Å². The Kier molecular flexibility index (Phi) is 6.46. The van der Waals surface area contributed by atoms with E-state index in [0.29, 0.717) is 0 Å². The molecule has 1 heterocycles. The van der Waals surface area contributed by atoms with Crippen molar-refractivity contribution in [1.82, 2.24) is 4.98 Å². The first kappa shape index (κ1) is 15.9. The number of benzene rings is 1. The molecular weight excluding hydrogens is 278 g/mol. The number of hydrogen-bond acceptors (Lipinski definition) is 4. The van der Waals surface area contributed by atoms with Crippen molar-refractivity contribution in [2.24, 2.45) is 0 Å². The molecule has 0 amide bonds. The first-order valence-electron chi connectivity index (χ1n) is 5.96. The number of carbonyl (C=O) groups excluding carboxylic acids is 1. The molecule has 0 spiro atoms. The molecule has 1 aromatic heterocycles. The molecule has 0 saturated carbocycles. The van der Waals surface area contributed by atoms with Crippen LogP contribution in [0.1, 0.15) is 11.4 Å². The van der Waals surface area contributed by atoms with Gasteiger partial charge in [-0.1, -0.05) is 23.2 Å². The van der Waals surface area contributed by atoms with Crippen molar-refractivity contribution in [3.05, 3.63) is 47.8 Å². The van der Waals surface area contributed by atoms with E-state index >= 15 is 0 Å². The molecule has 1 aromatic carbocycles. The van der Waals surface area contributed by atoms with Gasteiger partial charge in [0, 0.05) is 6.07 Å². The Morgan fingerprint density at radius 3 is 2.45 bits per heavy atom. The number of halogens is 1. The maximum atomic E-state index is 9.12. The average Bonchev–Trinajstić information content (AvgIpc) is 2.39. The van der Waals surface area contributed by atoms with Crippen molar-refractivity contribution in [3.8, 4) is 0 Å². The second-order valence-corrected chi connectivity index (χ2v) is 4.32. The number of carboxylic acid groups (broad SMARTS) is 1. The maximum Gasteiger partial charge on any atom is 0.394 e. The second-order valence-electron chi connectivity index (χ2n) is 4.05. The molecule has 0 fully saturated rings. The fourth-order valence-electron chi connectivity index (χ4n) is 1.49. The molecule has 0 atom stereocenters. The molecule has 0 unspecified atom stereocenters. The minimum absolute atomic E-state index is 0.417. The smallest absolute Gasteiger partial charge is 0.394 e. The van der Waals surface area contributed by atoms with Crippen LogP contribution in [0, 0.1) is 13.8 Å². The van der Waals surface area contributed by atoms with E-state index in [0.717, 1.165) is 23.0 Å². The molecule has 0 bridgehead atoms. The maximum absolute atomic E-state index is 9.12. The van der Waals surface area contributed by atoms with Gasteiger partial charge in [-0.25, -0.2) is 10.3 Å². The predicted molar refractivity (Wildman–Crippen MR) is 75.7 cm³/mol. The Bertz CT molecular complexity index is 541. The molecule has 0 aliphatic carbocycles. The first-order valence-corrected chi connectivity index (χ1v) is 6.50. The summed E-state index contributed by atoms with van der Waals surface area (Å²) >= 11 is 4.67. The van der Waals surface area contributed by atoms with E-state index in [1.54, 1.807) is 0 Å². The highest BCUT2D eigenvalue weighted by atomic mass is 35.5. The Hall–Kier alpha value is -2.14. The van der Waals surface area contributed by atoms with Gasteiger partial charge in [-0.2, -0.15) is 0 Å². The molecule has 2 N–H and O–H groups in total. The van der Waals surface area contributed by atoms with Crippen LogP contribution in [0.25, 0.3) is 0 Å². The number of alkyl halides is 1. The summed E-state index contributed by atoms with van der Waals surface area (Å²) in [6, 6.07) is 12.0. The molecule has 5 nitrogen and oxygen atoms in total. The van der Waals surface area contributed by atoms with Gasteiger partial charge >= 0.3 is 5.95 Å². The highest BCUT2D eigenvalue weighted by Crippen LogP contribution is 2.10. The summed E-state index contributed by atoms with van der Waals surface area (Å²) < 4.78 is 0. The molecule has 0 saturated heterocycles. The molecule has 6 heteroatoms.